The molecule has 3 heteroatoms. The fourth-order valence-corrected chi connectivity index (χ4v) is 3.36. The van der Waals surface area contributed by atoms with Crippen LogP contribution in [-0.2, 0) is 4.79 Å². The molecule has 2 unspecified atom stereocenters. The lowest BCUT2D eigenvalue weighted by Gasteiger charge is -2.38. The van der Waals surface area contributed by atoms with Crippen LogP contribution in [0, 0.1) is 17.3 Å². The smallest absolute Gasteiger partial charge is 0.220 e. The number of carbonyl (C=O) groups excluding carboxylic acids is 1. The lowest BCUT2D eigenvalue weighted by Crippen LogP contribution is -2.45. The van der Waals surface area contributed by atoms with Crippen molar-refractivity contribution >= 4 is 5.91 Å². The van der Waals surface area contributed by atoms with Crippen molar-refractivity contribution in [3.8, 4) is 0 Å². The molecule has 3 N–H and O–H groups in total. The maximum Gasteiger partial charge on any atom is 0.220 e. The van der Waals surface area contributed by atoms with Crippen LogP contribution < -0.4 is 11.1 Å². The molecule has 3 nitrogen and oxygen atoms in total. The number of carbonyl (C=O) groups is 1. The second-order valence-electron chi connectivity index (χ2n) is 7.75. The van der Waals surface area contributed by atoms with Gasteiger partial charge in [0.25, 0.3) is 0 Å². The molecule has 18 heavy (non-hydrogen) atoms. The summed E-state index contributed by atoms with van der Waals surface area (Å²) in [4.78, 5) is 11.9. The summed E-state index contributed by atoms with van der Waals surface area (Å²) in [6.45, 7) is 11.3. The third kappa shape index (κ3) is 5.85. The SMILES string of the molecule is CC1CC(CC(=O)NCC(C)(C)N)CC(C)(C)C1. The molecule has 1 aliphatic carbocycles. The molecule has 1 fully saturated rings. The van der Waals surface area contributed by atoms with E-state index in [1.54, 1.807) is 0 Å². The standard InChI is InChI=1S/C15H30N2O/c1-11-6-12(9-14(2,3)8-11)7-13(18)17-10-15(4,5)16/h11-12H,6-10,16H2,1-5H3,(H,17,18). The van der Waals surface area contributed by atoms with E-state index >= 15 is 0 Å². The molecule has 2 atom stereocenters. The second kappa shape index (κ2) is 5.60. The Balaban J connectivity index is 2.40. The van der Waals surface area contributed by atoms with Crippen LogP contribution in [0.4, 0.5) is 0 Å². The highest BCUT2D eigenvalue weighted by Crippen LogP contribution is 2.42. The Kier molecular flexibility index (Phi) is 4.82. The Bertz CT molecular complexity index is 291. The number of hydrogen-bond acceptors (Lipinski definition) is 2. The molecule has 0 spiro atoms. The van der Waals surface area contributed by atoms with Crippen molar-refractivity contribution < 1.29 is 4.79 Å². The lowest BCUT2D eigenvalue weighted by atomic mass is 9.67. The van der Waals surface area contributed by atoms with E-state index in [4.69, 9.17) is 5.73 Å². The molecule has 1 rings (SSSR count). The van der Waals surface area contributed by atoms with Crippen molar-refractivity contribution in [2.75, 3.05) is 6.54 Å². The second-order valence-corrected chi connectivity index (χ2v) is 7.75. The summed E-state index contributed by atoms with van der Waals surface area (Å²) in [6.07, 6.45) is 4.28. The van der Waals surface area contributed by atoms with Crippen molar-refractivity contribution in [3.05, 3.63) is 0 Å². The monoisotopic (exact) mass is 254 g/mol. The molecule has 106 valence electrons. The average Bonchev–Trinajstić information content (AvgIpc) is 2.09. The van der Waals surface area contributed by atoms with Crippen molar-refractivity contribution in [2.45, 2.75) is 65.8 Å². The van der Waals surface area contributed by atoms with Gasteiger partial charge >= 0.3 is 0 Å². The first-order chi connectivity index (χ1) is 8.07. The topological polar surface area (TPSA) is 55.1 Å². The molecule has 1 amide bonds. The molecule has 0 aromatic rings. The van der Waals surface area contributed by atoms with Gasteiger partial charge in [-0.2, -0.15) is 0 Å². The minimum Gasteiger partial charge on any atom is -0.354 e. The number of hydrogen-bond donors (Lipinski definition) is 2. The van der Waals surface area contributed by atoms with Crippen molar-refractivity contribution in [1.29, 1.82) is 0 Å². The van der Waals surface area contributed by atoms with E-state index in [1.165, 1.54) is 12.8 Å². The largest absolute Gasteiger partial charge is 0.354 e. The van der Waals surface area contributed by atoms with Crippen LogP contribution in [0.5, 0.6) is 0 Å². The maximum atomic E-state index is 11.9. The Morgan fingerprint density at radius 2 is 2.00 bits per heavy atom. The van der Waals surface area contributed by atoms with E-state index in [1.807, 2.05) is 13.8 Å². The van der Waals surface area contributed by atoms with Gasteiger partial charge in [-0.25, -0.2) is 0 Å². The van der Waals surface area contributed by atoms with Gasteiger partial charge in [0.2, 0.25) is 5.91 Å². The first kappa shape index (κ1) is 15.5. The minimum absolute atomic E-state index is 0.156. The van der Waals surface area contributed by atoms with E-state index in [9.17, 15) is 4.79 Å². The Morgan fingerprint density at radius 1 is 1.39 bits per heavy atom. The number of amides is 1. The molecule has 0 radical (unpaired) electrons. The van der Waals surface area contributed by atoms with Crippen LogP contribution in [0.1, 0.15) is 60.3 Å². The molecule has 0 heterocycles. The summed E-state index contributed by atoms with van der Waals surface area (Å²) in [5.74, 6) is 1.42. The van der Waals surface area contributed by atoms with E-state index in [0.717, 1.165) is 12.3 Å². The predicted octanol–water partition coefficient (Wildman–Crippen LogP) is 2.69. The average molecular weight is 254 g/mol. The van der Waals surface area contributed by atoms with Crippen molar-refractivity contribution in [3.63, 3.8) is 0 Å². The molecule has 1 saturated carbocycles. The van der Waals surface area contributed by atoms with Gasteiger partial charge < -0.3 is 11.1 Å². The number of nitrogens with two attached hydrogens (primary N) is 1. The third-order valence-corrected chi connectivity index (χ3v) is 3.69. The number of nitrogens with one attached hydrogen (secondary N) is 1. The normalized spacial score (nSPS) is 27.9. The van der Waals surface area contributed by atoms with Gasteiger partial charge in [-0.15, -0.1) is 0 Å². The Hall–Kier alpha value is -0.570. The fraction of sp³-hybridized carbons (Fsp3) is 0.933. The summed E-state index contributed by atoms with van der Waals surface area (Å²) in [6, 6.07) is 0. The van der Waals surface area contributed by atoms with Gasteiger partial charge in [-0.3, -0.25) is 4.79 Å². The fourth-order valence-electron chi connectivity index (χ4n) is 3.36. The molecule has 0 aromatic heterocycles. The van der Waals surface area contributed by atoms with Crippen LogP contribution in [-0.4, -0.2) is 18.0 Å². The highest BCUT2D eigenvalue weighted by Gasteiger charge is 2.32. The van der Waals surface area contributed by atoms with Crippen molar-refractivity contribution in [2.24, 2.45) is 23.0 Å². The van der Waals surface area contributed by atoms with Gasteiger partial charge in [0.1, 0.15) is 0 Å². The van der Waals surface area contributed by atoms with Gasteiger partial charge in [0, 0.05) is 18.5 Å². The van der Waals surface area contributed by atoms with E-state index in [2.05, 4.69) is 26.1 Å². The first-order valence-corrected chi connectivity index (χ1v) is 7.13. The maximum absolute atomic E-state index is 11.9. The van der Waals surface area contributed by atoms with Crippen LogP contribution >= 0.6 is 0 Å². The molecular formula is C15H30N2O. The highest BCUT2D eigenvalue weighted by atomic mass is 16.1. The molecule has 1 aliphatic rings. The predicted molar refractivity (Wildman–Crippen MR) is 76.2 cm³/mol. The molecule has 0 bridgehead atoms. The zero-order valence-corrected chi connectivity index (χ0v) is 12.7. The molecule has 0 aliphatic heterocycles. The van der Waals surface area contributed by atoms with Crippen molar-refractivity contribution in [1.82, 2.24) is 5.32 Å². The summed E-state index contributed by atoms with van der Waals surface area (Å²) in [5, 5.41) is 2.95. The summed E-state index contributed by atoms with van der Waals surface area (Å²) >= 11 is 0. The van der Waals surface area contributed by atoms with Crippen LogP contribution in [0.15, 0.2) is 0 Å². The Morgan fingerprint density at radius 3 is 2.50 bits per heavy atom. The van der Waals surface area contributed by atoms with E-state index < -0.39 is 0 Å². The summed E-state index contributed by atoms with van der Waals surface area (Å²) < 4.78 is 0. The summed E-state index contributed by atoms with van der Waals surface area (Å²) in [7, 11) is 0. The van der Waals surface area contributed by atoms with Gasteiger partial charge in [-0.05, 0) is 50.4 Å². The van der Waals surface area contributed by atoms with Gasteiger partial charge in [0.15, 0.2) is 0 Å². The quantitative estimate of drug-likeness (QED) is 0.810. The minimum atomic E-state index is -0.325. The molecule has 0 saturated heterocycles. The zero-order valence-electron chi connectivity index (χ0n) is 12.7. The van der Waals surface area contributed by atoms with Crippen LogP contribution in [0.2, 0.25) is 0 Å². The zero-order chi connectivity index (χ0) is 14.0. The van der Waals surface area contributed by atoms with Crippen LogP contribution in [0.25, 0.3) is 0 Å². The number of rotatable bonds is 4. The highest BCUT2D eigenvalue weighted by molar-refractivity contribution is 5.76. The van der Waals surface area contributed by atoms with Crippen LogP contribution in [0.3, 0.4) is 0 Å². The molecule has 0 aromatic carbocycles. The van der Waals surface area contributed by atoms with Gasteiger partial charge in [-0.1, -0.05) is 20.8 Å². The first-order valence-electron chi connectivity index (χ1n) is 7.13. The summed E-state index contributed by atoms with van der Waals surface area (Å²) in [5.41, 5.74) is 5.93. The van der Waals surface area contributed by atoms with Gasteiger partial charge in [0.05, 0.1) is 0 Å². The molecular weight excluding hydrogens is 224 g/mol. The van der Waals surface area contributed by atoms with E-state index in [-0.39, 0.29) is 11.4 Å². The van der Waals surface area contributed by atoms with E-state index in [0.29, 0.717) is 24.3 Å². The lowest BCUT2D eigenvalue weighted by molar-refractivity contribution is -0.122. The Labute approximate surface area is 112 Å². The third-order valence-electron chi connectivity index (χ3n) is 3.69.